The molecule has 20 heavy (non-hydrogen) atoms. The van der Waals surface area contributed by atoms with E-state index in [1.807, 2.05) is 13.8 Å². The van der Waals surface area contributed by atoms with E-state index in [4.69, 9.17) is 4.52 Å². The number of hydrogen-bond acceptors (Lipinski definition) is 3. The molecule has 3 rings (SSSR count). The molecule has 2 aliphatic rings. The first kappa shape index (κ1) is 13.7. The highest BCUT2D eigenvalue weighted by molar-refractivity contribution is 5.77. The number of hydrogen-bond donors (Lipinski definition) is 0. The number of carbonyl (C=O) groups is 1. The van der Waals surface area contributed by atoms with Crippen LogP contribution in [0.25, 0.3) is 0 Å². The normalized spacial score (nSPS) is 19.5. The van der Waals surface area contributed by atoms with Crippen LogP contribution in [0.3, 0.4) is 0 Å². The Hall–Kier alpha value is -1.32. The molecular weight excluding hydrogens is 252 g/mol. The van der Waals surface area contributed by atoms with Gasteiger partial charge in [0.15, 0.2) is 0 Å². The Morgan fingerprint density at radius 1 is 1.20 bits per heavy atom. The molecule has 1 amide bonds. The van der Waals surface area contributed by atoms with Crippen molar-refractivity contribution < 1.29 is 9.32 Å². The minimum atomic E-state index is 0.333. The van der Waals surface area contributed by atoms with E-state index in [0.717, 1.165) is 23.4 Å². The van der Waals surface area contributed by atoms with Gasteiger partial charge in [-0.15, -0.1) is 0 Å². The Morgan fingerprint density at radius 3 is 2.40 bits per heavy atom. The van der Waals surface area contributed by atoms with Crippen molar-refractivity contribution in [3.8, 4) is 0 Å². The van der Waals surface area contributed by atoms with Crippen molar-refractivity contribution in [2.45, 2.75) is 77.3 Å². The van der Waals surface area contributed by atoms with Crippen LogP contribution in [0, 0.1) is 13.8 Å². The van der Waals surface area contributed by atoms with Gasteiger partial charge < -0.3 is 9.42 Å². The zero-order chi connectivity index (χ0) is 14.1. The van der Waals surface area contributed by atoms with Crippen LogP contribution in [0.5, 0.6) is 0 Å². The Kier molecular flexibility index (Phi) is 3.81. The predicted molar refractivity (Wildman–Crippen MR) is 76.4 cm³/mol. The summed E-state index contributed by atoms with van der Waals surface area (Å²) in [4.78, 5) is 14.8. The molecule has 1 aromatic rings. The maximum atomic E-state index is 12.6. The summed E-state index contributed by atoms with van der Waals surface area (Å²) in [6.07, 6.45) is 8.73. The third-order valence-corrected chi connectivity index (χ3v) is 4.72. The van der Waals surface area contributed by atoms with Gasteiger partial charge in [0, 0.05) is 24.1 Å². The average molecular weight is 276 g/mol. The summed E-state index contributed by atoms with van der Waals surface area (Å²) in [6, 6.07) is 1.05. The topological polar surface area (TPSA) is 46.3 Å². The summed E-state index contributed by atoms with van der Waals surface area (Å²) in [5.74, 6) is 1.19. The van der Waals surface area contributed by atoms with E-state index in [1.165, 1.54) is 38.5 Å². The van der Waals surface area contributed by atoms with E-state index < -0.39 is 0 Å². The lowest BCUT2D eigenvalue weighted by atomic mass is 10.1. The van der Waals surface area contributed by atoms with Gasteiger partial charge in [-0.3, -0.25) is 4.79 Å². The molecule has 4 heteroatoms. The number of aryl methyl sites for hydroxylation is 2. The van der Waals surface area contributed by atoms with Crippen LogP contribution in [0.1, 0.15) is 62.0 Å². The van der Waals surface area contributed by atoms with Crippen molar-refractivity contribution in [3.05, 3.63) is 17.0 Å². The average Bonchev–Trinajstić information content (AvgIpc) is 3.00. The van der Waals surface area contributed by atoms with Crippen LogP contribution in [-0.4, -0.2) is 28.0 Å². The van der Waals surface area contributed by atoms with Crippen molar-refractivity contribution >= 4 is 5.91 Å². The summed E-state index contributed by atoms with van der Waals surface area (Å²) in [7, 11) is 0. The molecule has 0 unspecified atom stereocenters. The molecular formula is C16H24N2O2. The van der Waals surface area contributed by atoms with Gasteiger partial charge in [0.1, 0.15) is 5.76 Å². The summed E-state index contributed by atoms with van der Waals surface area (Å²) < 4.78 is 5.17. The van der Waals surface area contributed by atoms with Gasteiger partial charge in [0.2, 0.25) is 5.91 Å². The highest BCUT2D eigenvalue weighted by Crippen LogP contribution is 2.35. The quantitative estimate of drug-likeness (QED) is 0.830. The van der Waals surface area contributed by atoms with Crippen LogP contribution >= 0.6 is 0 Å². The smallest absolute Gasteiger partial charge is 0.223 e. The standard InChI is InChI=1S/C16H24N2O2/c1-11-15(12(2)20-17-11)9-10-16(19)18(14-7-8-14)13-5-3-4-6-13/h13-14H,3-10H2,1-2H3. The number of aromatic nitrogens is 1. The summed E-state index contributed by atoms with van der Waals surface area (Å²) in [5.41, 5.74) is 2.04. The second-order valence-corrected chi connectivity index (χ2v) is 6.27. The van der Waals surface area contributed by atoms with Gasteiger partial charge in [-0.25, -0.2) is 0 Å². The molecule has 0 spiro atoms. The first-order chi connectivity index (χ1) is 9.66. The first-order valence-electron chi connectivity index (χ1n) is 7.89. The van der Waals surface area contributed by atoms with Crippen molar-refractivity contribution in [1.82, 2.24) is 10.1 Å². The zero-order valence-corrected chi connectivity index (χ0v) is 12.5. The molecule has 0 atom stereocenters. The van der Waals surface area contributed by atoms with Crippen LogP contribution in [0.15, 0.2) is 4.52 Å². The maximum absolute atomic E-state index is 12.6. The third kappa shape index (κ3) is 2.74. The van der Waals surface area contributed by atoms with Gasteiger partial charge in [0.05, 0.1) is 5.69 Å². The van der Waals surface area contributed by atoms with Crippen molar-refractivity contribution in [2.75, 3.05) is 0 Å². The highest BCUT2D eigenvalue weighted by Gasteiger charge is 2.37. The van der Waals surface area contributed by atoms with E-state index in [-0.39, 0.29) is 0 Å². The minimum Gasteiger partial charge on any atom is -0.361 e. The SMILES string of the molecule is Cc1noc(C)c1CCC(=O)N(C1CCCC1)C1CC1. The molecule has 0 N–H and O–H groups in total. The van der Waals surface area contributed by atoms with Gasteiger partial charge in [-0.2, -0.15) is 0 Å². The molecule has 2 saturated carbocycles. The fourth-order valence-corrected chi connectivity index (χ4v) is 3.46. The second kappa shape index (κ2) is 5.58. The van der Waals surface area contributed by atoms with Crippen molar-refractivity contribution in [3.63, 3.8) is 0 Å². The molecule has 1 aromatic heterocycles. The molecule has 0 aromatic carbocycles. The number of rotatable bonds is 5. The summed E-state index contributed by atoms with van der Waals surface area (Å²) in [5, 5.41) is 3.96. The van der Waals surface area contributed by atoms with Crippen molar-refractivity contribution in [1.29, 1.82) is 0 Å². The van der Waals surface area contributed by atoms with E-state index in [9.17, 15) is 4.79 Å². The van der Waals surface area contributed by atoms with Crippen molar-refractivity contribution in [2.24, 2.45) is 0 Å². The van der Waals surface area contributed by atoms with Gasteiger partial charge in [-0.05, 0) is 46.0 Å². The fourth-order valence-electron chi connectivity index (χ4n) is 3.46. The Balaban J connectivity index is 1.62. The highest BCUT2D eigenvalue weighted by atomic mass is 16.5. The Labute approximate surface area is 120 Å². The first-order valence-corrected chi connectivity index (χ1v) is 7.89. The van der Waals surface area contributed by atoms with E-state index in [0.29, 0.717) is 24.4 Å². The van der Waals surface area contributed by atoms with Crippen LogP contribution < -0.4 is 0 Å². The van der Waals surface area contributed by atoms with E-state index in [1.54, 1.807) is 0 Å². The monoisotopic (exact) mass is 276 g/mol. The Morgan fingerprint density at radius 2 is 1.85 bits per heavy atom. The zero-order valence-electron chi connectivity index (χ0n) is 12.5. The number of nitrogens with zero attached hydrogens (tertiary/aromatic N) is 2. The largest absolute Gasteiger partial charge is 0.361 e. The molecule has 2 aliphatic carbocycles. The minimum absolute atomic E-state index is 0.333. The van der Waals surface area contributed by atoms with Crippen LogP contribution in [0.4, 0.5) is 0 Å². The molecule has 0 bridgehead atoms. The molecule has 0 aliphatic heterocycles. The Bertz CT molecular complexity index is 465. The summed E-state index contributed by atoms with van der Waals surface area (Å²) >= 11 is 0. The fraction of sp³-hybridized carbons (Fsp3) is 0.750. The molecule has 4 nitrogen and oxygen atoms in total. The molecule has 2 fully saturated rings. The van der Waals surface area contributed by atoms with E-state index >= 15 is 0 Å². The number of carbonyl (C=O) groups excluding carboxylic acids is 1. The lowest BCUT2D eigenvalue weighted by molar-refractivity contribution is -0.134. The predicted octanol–water partition coefficient (Wildman–Crippen LogP) is 3.16. The molecule has 1 heterocycles. The van der Waals surface area contributed by atoms with Gasteiger partial charge in [-0.1, -0.05) is 18.0 Å². The third-order valence-electron chi connectivity index (χ3n) is 4.72. The van der Waals surface area contributed by atoms with E-state index in [2.05, 4.69) is 10.1 Å². The summed E-state index contributed by atoms with van der Waals surface area (Å²) in [6.45, 7) is 3.88. The molecule has 110 valence electrons. The molecule has 0 radical (unpaired) electrons. The van der Waals surface area contributed by atoms with Gasteiger partial charge in [0.25, 0.3) is 0 Å². The molecule has 0 saturated heterocycles. The maximum Gasteiger partial charge on any atom is 0.223 e. The lowest BCUT2D eigenvalue weighted by Gasteiger charge is -2.29. The van der Waals surface area contributed by atoms with Gasteiger partial charge >= 0.3 is 0 Å². The lowest BCUT2D eigenvalue weighted by Crippen LogP contribution is -2.40. The number of amides is 1. The van der Waals surface area contributed by atoms with Crippen LogP contribution in [0.2, 0.25) is 0 Å². The van der Waals surface area contributed by atoms with Crippen LogP contribution in [-0.2, 0) is 11.2 Å². The second-order valence-electron chi connectivity index (χ2n) is 6.27.